The Bertz CT molecular complexity index is 2910. The van der Waals surface area contributed by atoms with Gasteiger partial charge in [-0.25, -0.2) is 0 Å². The molecule has 10 aromatic rings. The highest BCUT2D eigenvalue weighted by Gasteiger charge is 2.21. The zero-order chi connectivity index (χ0) is 32.9. The number of aromatic nitrogens is 2. The molecule has 3 heteroatoms. The van der Waals surface area contributed by atoms with Crippen molar-refractivity contribution < 1.29 is 0 Å². The van der Waals surface area contributed by atoms with E-state index in [1.807, 2.05) is 11.3 Å². The van der Waals surface area contributed by atoms with Crippen molar-refractivity contribution in [2.75, 3.05) is 0 Å². The first kappa shape index (κ1) is 28.4. The van der Waals surface area contributed by atoms with Crippen LogP contribution in [-0.2, 0) is 5.41 Å². The molecule has 0 fully saturated rings. The number of benzene rings is 7. The second kappa shape index (κ2) is 10.4. The van der Waals surface area contributed by atoms with E-state index < -0.39 is 0 Å². The van der Waals surface area contributed by atoms with Gasteiger partial charge < -0.3 is 9.13 Å². The summed E-state index contributed by atoms with van der Waals surface area (Å²) in [5.41, 5.74) is 11.2. The average molecular weight is 647 g/mol. The summed E-state index contributed by atoms with van der Waals surface area (Å²) in [6.07, 6.45) is 0. The number of hydrogen-bond acceptors (Lipinski definition) is 1. The second-order valence-electron chi connectivity index (χ2n) is 14.2. The normalized spacial score (nSPS) is 12.4. The van der Waals surface area contributed by atoms with Gasteiger partial charge in [-0.1, -0.05) is 124 Å². The molecule has 0 aliphatic carbocycles. The minimum atomic E-state index is 0.112. The first-order valence-electron chi connectivity index (χ1n) is 17.0. The summed E-state index contributed by atoms with van der Waals surface area (Å²) in [4.78, 5) is 0. The van der Waals surface area contributed by atoms with Gasteiger partial charge in [-0.05, 0) is 65.1 Å². The van der Waals surface area contributed by atoms with Gasteiger partial charge in [0, 0.05) is 53.0 Å². The van der Waals surface area contributed by atoms with E-state index in [2.05, 4.69) is 182 Å². The van der Waals surface area contributed by atoms with Crippen molar-refractivity contribution >= 4 is 75.1 Å². The Balaban J connectivity index is 1.25. The summed E-state index contributed by atoms with van der Waals surface area (Å²) in [5.74, 6) is 0. The molecule has 0 saturated heterocycles. The molecular formula is C46H34N2S. The lowest BCUT2D eigenvalue weighted by Gasteiger charge is -2.20. The Labute approximate surface area is 289 Å². The molecule has 0 atom stereocenters. The third kappa shape index (κ3) is 4.19. The molecule has 7 aromatic carbocycles. The van der Waals surface area contributed by atoms with E-state index in [0.29, 0.717) is 0 Å². The highest BCUT2D eigenvalue weighted by atomic mass is 32.1. The number of nitrogens with zero attached hydrogens (tertiary/aromatic N) is 2. The van der Waals surface area contributed by atoms with Crippen molar-refractivity contribution in [3.63, 3.8) is 0 Å². The van der Waals surface area contributed by atoms with Gasteiger partial charge in [-0.3, -0.25) is 0 Å². The summed E-state index contributed by atoms with van der Waals surface area (Å²) in [6.45, 7) is 6.81. The lowest BCUT2D eigenvalue weighted by Crippen LogP contribution is -2.10. The van der Waals surface area contributed by atoms with Crippen LogP contribution in [0.5, 0.6) is 0 Å². The van der Waals surface area contributed by atoms with Gasteiger partial charge in [0.05, 0.1) is 27.8 Å². The van der Waals surface area contributed by atoms with Crippen LogP contribution >= 0.6 is 11.3 Å². The van der Waals surface area contributed by atoms with Crippen LogP contribution in [-0.4, -0.2) is 9.13 Å². The Morgan fingerprint density at radius 3 is 1.88 bits per heavy atom. The van der Waals surface area contributed by atoms with Gasteiger partial charge in [0.1, 0.15) is 0 Å². The first-order chi connectivity index (χ1) is 24.0. The van der Waals surface area contributed by atoms with Crippen LogP contribution in [0, 0.1) is 0 Å². The van der Waals surface area contributed by atoms with E-state index in [4.69, 9.17) is 0 Å². The van der Waals surface area contributed by atoms with Crippen LogP contribution < -0.4 is 0 Å². The highest BCUT2D eigenvalue weighted by molar-refractivity contribution is 7.26. The standard InChI is InChI=1S/C46H34N2S/c1-46(2,3)30-22-20-29(21-23-30)32-12-4-8-16-38(32)48-40-18-10-6-14-34(40)37-28-31(24-26-41(37)48)47-39-17-9-5-13-33(39)35-25-27-43-44(45(35)47)36-15-7-11-19-42(36)49-43/h4-28H,1-3H3. The number of para-hydroxylation sites is 3. The second-order valence-corrected chi connectivity index (χ2v) is 15.3. The fourth-order valence-corrected chi connectivity index (χ4v) is 9.06. The van der Waals surface area contributed by atoms with Crippen molar-refractivity contribution in [3.05, 3.63) is 157 Å². The van der Waals surface area contributed by atoms with Gasteiger partial charge >= 0.3 is 0 Å². The largest absolute Gasteiger partial charge is 0.309 e. The fraction of sp³-hybridized carbons (Fsp3) is 0.0870. The number of hydrogen-bond donors (Lipinski definition) is 0. The molecule has 3 heterocycles. The monoisotopic (exact) mass is 646 g/mol. The number of rotatable bonds is 3. The molecule has 0 N–H and O–H groups in total. The predicted octanol–water partition coefficient (Wildman–Crippen LogP) is 13.2. The van der Waals surface area contributed by atoms with Crippen LogP contribution in [0.25, 0.3) is 86.3 Å². The Morgan fingerprint density at radius 2 is 1.10 bits per heavy atom. The first-order valence-corrected chi connectivity index (χ1v) is 17.8. The molecule has 0 aliphatic heterocycles. The van der Waals surface area contributed by atoms with Gasteiger partial charge in [0.25, 0.3) is 0 Å². The smallest absolute Gasteiger partial charge is 0.0634 e. The molecule has 0 unspecified atom stereocenters. The lowest BCUT2D eigenvalue weighted by molar-refractivity contribution is 0.590. The molecular weight excluding hydrogens is 613 g/mol. The summed E-state index contributed by atoms with van der Waals surface area (Å²) in [6, 6.07) is 56.2. The van der Waals surface area contributed by atoms with E-state index in [9.17, 15) is 0 Å². The summed E-state index contributed by atoms with van der Waals surface area (Å²) >= 11 is 1.88. The van der Waals surface area contributed by atoms with Crippen molar-refractivity contribution in [2.24, 2.45) is 0 Å². The predicted molar refractivity (Wildman–Crippen MR) is 212 cm³/mol. The van der Waals surface area contributed by atoms with Gasteiger partial charge in [-0.15, -0.1) is 11.3 Å². The third-order valence-electron chi connectivity index (χ3n) is 10.3. The van der Waals surface area contributed by atoms with Crippen molar-refractivity contribution in [1.82, 2.24) is 9.13 Å². The van der Waals surface area contributed by atoms with Crippen molar-refractivity contribution in [3.8, 4) is 22.5 Å². The summed E-state index contributed by atoms with van der Waals surface area (Å²) in [7, 11) is 0. The SMILES string of the molecule is CC(C)(C)c1ccc(-c2ccccc2-n2c3ccccc3c3cc(-n4c5ccccc5c5ccc6sc7ccccc7c6c54)ccc32)cc1. The molecule has 0 aliphatic rings. The third-order valence-corrected chi connectivity index (χ3v) is 11.4. The van der Waals surface area contributed by atoms with Crippen LogP contribution in [0.1, 0.15) is 26.3 Å². The van der Waals surface area contributed by atoms with E-state index in [-0.39, 0.29) is 5.41 Å². The number of thiophene rings is 1. The number of fused-ring (bicyclic) bond motifs is 10. The molecule has 0 saturated carbocycles. The maximum absolute atomic E-state index is 2.50. The molecule has 0 spiro atoms. The van der Waals surface area contributed by atoms with Gasteiger partial charge in [-0.2, -0.15) is 0 Å². The molecule has 0 radical (unpaired) electrons. The molecule has 0 bridgehead atoms. The van der Waals surface area contributed by atoms with Crippen molar-refractivity contribution in [1.29, 1.82) is 0 Å². The van der Waals surface area contributed by atoms with E-state index in [0.717, 1.165) is 0 Å². The average Bonchev–Trinajstić information content (AvgIpc) is 3.78. The Hall–Kier alpha value is -5.64. The zero-order valence-corrected chi connectivity index (χ0v) is 28.6. The Morgan fingerprint density at radius 1 is 0.469 bits per heavy atom. The summed E-state index contributed by atoms with van der Waals surface area (Å²) < 4.78 is 7.61. The van der Waals surface area contributed by atoms with E-state index in [1.54, 1.807) is 0 Å². The lowest BCUT2D eigenvalue weighted by atomic mass is 9.86. The maximum atomic E-state index is 2.50. The van der Waals surface area contributed by atoms with Gasteiger partial charge in [0.15, 0.2) is 0 Å². The molecule has 234 valence electrons. The highest BCUT2D eigenvalue weighted by Crippen LogP contribution is 2.44. The van der Waals surface area contributed by atoms with Crippen LogP contribution in [0.4, 0.5) is 0 Å². The fourth-order valence-electron chi connectivity index (χ4n) is 7.96. The van der Waals surface area contributed by atoms with Crippen LogP contribution in [0.2, 0.25) is 0 Å². The van der Waals surface area contributed by atoms with E-state index in [1.165, 1.54) is 91.8 Å². The topological polar surface area (TPSA) is 9.86 Å². The van der Waals surface area contributed by atoms with Gasteiger partial charge in [0.2, 0.25) is 0 Å². The molecule has 10 rings (SSSR count). The molecule has 49 heavy (non-hydrogen) atoms. The zero-order valence-electron chi connectivity index (χ0n) is 27.7. The molecule has 0 amide bonds. The summed E-state index contributed by atoms with van der Waals surface area (Å²) in [5, 5.41) is 7.73. The Kier molecular flexibility index (Phi) is 6.04. The molecule has 3 aromatic heterocycles. The minimum Gasteiger partial charge on any atom is -0.309 e. The quantitative estimate of drug-likeness (QED) is 0.181. The van der Waals surface area contributed by atoms with Crippen molar-refractivity contribution in [2.45, 2.75) is 26.2 Å². The van der Waals surface area contributed by atoms with E-state index >= 15 is 0 Å². The molecule has 2 nitrogen and oxygen atoms in total. The maximum Gasteiger partial charge on any atom is 0.0634 e. The van der Waals surface area contributed by atoms with Crippen LogP contribution in [0.3, 0.4) is 0 Å². The minimum absolute atomic E-state index is 0.112. The van der Waals surface area contributed by atoms with Crippen LogP contribution in [0.15, 0.2) is 152 Å².